The summed E-state index contributed by atoms with van der Waals surface area (Å²) in [6, 6.07) is 25.6. The molecule has 2 aliphatic rings. The summed E-state index contributed by atoms with van der Waals surface area (Å²) < 4.78 is 20.4. The highest BCUT2D eigenvalue weighted by molar-refractivity contribution is 8.13. The van der Waals surface area contributed by atoms with Crippen LogP contribution in [0.25, 0.3) is 0 Å². The molecule has 0 spiro atoms. The van der Waals surface area contributed by atoms with Crippen molar-refractivity contribution in [3.8, 4) is 0 Å². The lowest BCUT2D eigenvalue weighted by atomic mass is 10.0. The maximum Gasteiger partial charge on any atom is 0.240 e. The Hall–Kier alpha value is -2.76. The Balaban J connectivity index is 1.47. The third kappa shape index (κ3) is 4.94. The van der Waals surface area contributed by atoms with Gasteiger partial charge in [-0.1, -0.05) is 60.7 Å². The van der Waals surface area contributed by atoms with Crippen LogP contribution >= 0.6 is 11.8 Å². The molecule has 0 bridgehead atoms. The van der Waals surface area contributed by atoms with Gasteiger partial charge in [0.05, 0.1) is 16.3 Å². The molecule has 1 aliphatic carbocycles. The summed E-state index contributed by atoms with van der Waals surface area (Å²) in [7, 11) is 0. The van der Waals surface area contributed by atoms with Gasteiger partial charge in [0, 0.05) is 17.0 Å². The van der Waals surface area contributed by atoms with Crippen LogP contribution in [0, 0.1) is 11.7 Å². The lowest BCUT2D eigenvalue weighted by Crippen LogP contribution is -2.83. The minimum atomic E-state index is -0.243. The van der Waals surface area contributed by atoms with Crippen LogP contribution in [0.3, 0.4) is 0 Å². The third-order valence-electron chi connectivity index (χ3n) is 5.55. The van der Waals surface area contributed by atoms with Gasteiger partial charge in [0.15, 0.2) is 6.04 Å². The minimum absolute atomic E-state index is 0.243. The van der Waals surface area contributed by atoms with E-state index in [2.05, 4.69) is 4.99 Å². The van der Waals surface area contributed by atoms with Crippen LogP contribution in [0.15, 0.2) is 88.8 Å². The SMILES string of the molecule is Fc1ccc(N=C(c2ccccc2)c2ccccc2)cc1SC1=[NH+]C(C2CC2)COC1. The Labute approximate surface area is 186 Å². The molecule has 3 aromatic carbocycles. The fourth-order valence-corrected chi connectivity index (χ4v) is 4.73. The van der Waals surface area contributed by atoms with Gasteiger partial charge in [0.25, 0.3) is 0 Å². The fraction of sp³-hybridized carbons (Fsp3) is 0.231. The summed E-state index contributed by atoms with van der Waals surface area (Å²) in [5.41, 5.74) is 3.64. The molecule has 156 valence electrons. The van der Waals surface area contributed by atoms with Crippen LogP contribution in [-0.4, -0.2) is 30.0 Å². The zero-order chi connectivity index (χ0) is 21.0. The fourth-order valence-electron chi connectivity index (χ4n) is 3.77. The van der Waals surface area contributed by atoms with Gasteiger partial charge in [-0.25, -0.2) is 14.4 Å². The van der Waals surface area contributed by atoms with Gasteiger partial charge in [-0.2, -0.15) is 0 Å². The number of rotatable bonds is 5. The number of hydrogen-bond donors (Lipinski definition) is 1. The molecule has 5 rings (SSSR count). The second-order valence-electron chi connectivity index (χ2n) is 7.94. The van der Waals surface area contributed by atoms with Crippen LogP contribution in [0.4, 0.5) is 10.1 Å². The van der Waals surface area contributed by atoms with Gasteiger partial charge in [-0.05, 0) is 42.8 Å². The molecule has 1 N–H and O–H groups in total. The van der Waals surface area contributed by atoms with Crippen molar-refractivity contribution >= 4 is 28.2 Å². The first-order valence-corrected chi connectivity index (χ1v) is 11.4. The van der Waals surface area contributed by atoms with E-state index < -0.39 is 0 Å². The quantitative estimate of drug-likeness (QED) is 0.609. The maximum atomic E-state index is 14.6. The molecule has 1 aliphatic heterocycles. The molecule has 1 saturated carbocycles. The number of ether oxygens (including phenoxy) is 1. The van der Waals surface area contributed by atoms with Gasteiger partial charge in [0.2, 0.25) is 5.04 Å². The number of benzene rings is 3. The number of nitrogens with zero attached hydrogens (tertiary/aromatic N) is 1. The summed E-state index contributed by atoms with van der Waals surface area (Å²) in [6.45, 7) is 1.24. The normalized spacial score (nSPS) is 18.4. The van der Waals surface area contributed by atoms with Gasteiger partial charge < -0.3 is 4.74 Å². The van der Waals surface area contributed by atoms with Crippen molar-refractivity contribution in [3.63, 3.8) is 0 Å². The summed E-state index contributed by atoms with van der Waals surface area (Å²) in [6.07, 6.45) is 2.50. The summed E-state index contributed by atoms with van der Waals surface area (Å²) in [5.74, 6) is 0.448. The summed E-state index contributed by atoms with van der Waals surface area (Å²) in [5, 5.41) is 0.967. The highest BCUT2D eigenvalue weighted by atomic mass is 32.2. The molecule has 0 amide bonds. The Morgan fingerprint density at radius 1 is 0.935 bits per heavy atom. The molecular formula is C26H24FN2OS+. The van der Waals surface area contributed by atoms with Crippen molar-refractivity contribution in [2.24, 2.45) is 10.9 Å². The molecule has 1 atom stereocenters. The van der Waals surface area contributed by atoms with Crippen molar-refractivity contribution in [3.05, 3.63) is 95.8 Å². The van der Waals surface area contributed by atoms with Crippen LogP contribution in [0.2, 0.25) is 0 Å². The van der Waals surface area contributed by atoms with Gasteiger partial charge in [0.1, 0.15) is 19.0 Å². The highest BCUT2D eigenvalue weighted by Gasteiger charge is 2.38. The smallest absolute Gasteiger partial charge is 0.240 e. The van der Waals surface area contributed by atoms with E-state index in [1.807, 2.05) is 66.7 Å². The van der Waals surface area contributed by atoms with Crippen molar-refractivity contribution in [1.29, 1.82) is 0 Å². The molecule has 5 heteroatoms. The van der Waals surface area contributed by atoms with Gasteiger partial charge >= 0.3 is 0 Å². The standard InChI is InChI=1S/C26H23FN2OS/c27-22-14-13-21(15-24(22)31-25-17-30-16-23(29-25)18-11-12-18)28-26(19-7-3-1-4-8-19)20-9-5-2-6-10-20/h1-10,13-15,18,23H,11-12,16-17H2/p+1. The van der Waals surface area contributed by atoms with E-state index in [-0.39, 0.29) is 5.82 Å². The van der Waals surface area contributed by atoms with E-state index in [0.29, 0.717) is 23.5 Å². The summed E-state index contributed by atoms with van der Waals surface area (Å²) >= 11 is 1.41. The maximum absolute atomic E-state index is 14.6. The Morgan fingerprint density at radius 3 is 2.26 bits per heavy atom. The summed E-state index contributed by atoms with van der Waals surface area (Å²) in [4.78, 5) is 9.04. The molecule has 0 radical (unpaired) electrons. The lowest BCUT2D eigenvalue weighted by molar-refractivity contribution is -0.520. The molecule has 0 saturated heterocycles. The predicted octanol–water partition coefficient (Wildman–Crippen LogP) is 4.37. The van der Waals surface area contributed by atoms with E-state index in [1.165, 1.54) is 30.7 Å². The van der Waals surface area contributed by atoms with Crippen molar-refractivity contribution in [2.75, 3.05) is 13.2 Å². The zero-order valence-corrected chi connectivity index (χ0v) is 17.9. The van der Waals surface area contributed by atoms with E-state index in [1.54, 1.807) is 6.07 Å². The number of nitrogens with one attached hydrogen (secondary N) is 1. The Bertz CT molecular complexity index is 1070. The number of aliphatic imine (C=N–C) groups is 1. The number of halogens is 1. The first-order chi connectivity index (χ1) is 15.3. The minimum Gasteiger partial charge on any atom is -0.363 e. The Kier molecular flexibility index (Phi) is 5.96. The zero-order valence-electron chi connectivity index (χ0n) is 17.1. The van der Waals surface area contributed by atoms with E-state index in [9.17, 15) is 4.39 Å². The molecule has 1 fully saturated rings. The highest BCUT2D eigenvalue weighted by Crippen LogP contribution is 2.32. The van der Waals surface area contributed by atoms with Crippen molar-refractivity contribution in [1.82, 2.24) is 0 Å². The molecular weight excluding hydrogens is 407 g/mol. The average Bonchev–Trinajstić information content (AvgIpc) is 3.67. The second kappa shape index (κ2) is 9.16. The van der Waals surface area contributed by atoms with Crippen molar-refractivity contribution in [2.45, 2.75) is 23.8 Å². The van der Waals surface area contributed by atoms with Gasteiger partial charge in [-0.15, -0.1) is 0 Å². The van der Waals surface area contributed by atoms with Gasteiger partial charge in [-0.3, -0.25) is 0 Å². The number of hydrogen-bond acceptors (Lipinski definition) is 3. The third-order valence-corrected chi connectivity index (χ3v) is 6.57. The predicted molar refractivity (Wildman–Crippen MR) is 124 cm³/mol. The van der Waals surface area contributed by atoms with Crippen LogP contribution in [0.1, 0.15) is 24.0 Å². The topological polar surface area (TPSA) is 35.6 Å². The lowest BCUT2D eigenvalue weighted by Gasteiger charge is -2.15. The van der Waals surface area contributed by atoms with E-state index in [0.717, 1.165) is 34.2 Å². The molecule has 3 nitrogen and oxygen atoms in total. The molecule has 31 heavy (non-hydrogen) atoms. The molecule has 0 aromatic heterocycles. The monoisotopic (exact) mass is 431 g/mol. The largest absolute Gasteiger partial charge is 0.363 e. The van der Waals surface area contributed by atoms with Crippen molar-refractivity contribution < 1.29 is 14.1 Å². The first-order valence-electron chi connectivity index (χ1n) is 10.6. The molecule has 3 aromatic rings. The number of thioether (sulfide) groups is 1. The molecule has 1 unspecified atom stereocenters. The second-order valence-corrected chi connectivity index (χ2v) is 9.07. The van der Waals surface area contributed by atoms with E-state index in [4.69, 9.17) is 9.73 Å². The molecule has 1 heterocycles. The average molecular weight is 432 g/mol. The van der Waals surface area contributed by atoms with Crippen LogP contribution in [-0.2, 0) is 4.74 Å². The van der Waals surface area contributed by atoms with Crippen LogP contribution in [0.5, 0.6) is 0 Å². The van der Waals surface area contributed by atoms with Crippen LogP contribution < -0.4 is 4.99 Å². The first kappa shape index (κ1) is 20.2. The van der Waals surface area contributed by atoms with E-state index >= 15 is 0 Å². The Morgan fingerprint density at radius 2 is 1.61 bits per heavy atom.